The molecule has 0 amide bonds. The molecule has 0 spiro atoms. The quantitative estimate of drug-likeness (QED) is 0.931. The van der Waals surface area contributed by atoms with Crippen molar-refractivity contribution in [1.29, 1.82) is 0 Å². The minimum absolute atomic E-state index is 0.685. The zero-order valence-corrected chi connectivity index (χ0v) is 12.1. The van der Waals surface area contributed by atoms with E-state index in [-0.39, 0.29) is 0 Å². The van der Waals surface area contributed by atoms with Gasteiger partial charge in [-0.1, -0.05) is 34.1 Å². The van der Waals surface area contributed by atoms with Crippen LogP contribution < -0.4 is 0 Å². The molecule has 2 rings (SSSR count). The largest absolute Gasteiger partial charge is 0.480 e. The highest BCUT2D eigenvalue weighted by molar-refractivity contribution is 9.10. The van der Waals surface area contributed by atoms with E-state index in [0.717, 1.165) is 35.8 Å². The van der Waals surface area contributed by atoms with Gasteiger partial charge in [0.1, 0.15) is 5.54 Å². The molecule has 1 heterocycles. The van der Waals surface area contributed by atoms with Crippen LogP contribution in [-0.4, -0.2) is 28.1 Å². The number of carbonyl (C=O) groups is 1. The molecule has 3 nitrogen and oxygen atoms in total. The lowest BCUT2D eigenvalue weighted by atomic mass is 9.88. The number of halogens is 1. The second-order valence-electron chi connectivity index (χ2n) is 5.05. The van der Waals surface area contributed by atoms with Crippen molar-refractivity contribution in [1.82, 2.24) is 4.90 Å². The van der Waals surface area contributed by atoms with Crippen LogP contribution in [0.1, 0.15) is 31.7 Å². The molecule has 0 aromatic heterocycles. The molecule has 1 fully saturated rings. The Morgan fingerprint density at radius 3 is 2.83 bits per heavy atom. The van der Waals surface area contributed by atoms with Gasteiger partial charge in [0, 0.05) is 11.0 Å². The van der Waals surface area contributed by atoms with Gasteiger partial charge >= 0.3 is 5.97 Å². The van der Waals surface area contributed by atoms with Gasteiger partial charge in [-0.25, -0.2) is 0 Å². The van der Waals surface area contributed by atoms with Crippen LogP contribution in [0.25, 0.3) is 0 Å². The molecular formula is C14H18BrNO2. The van der Waals surface area contributed by atoms with Crippen molar-refractivity contribution in [3.8, 4) is 0 Å². The predicted octanol–water partition coefficient (Wildman–Crippen LogP) is 3.28. The van der Waals surface area contributed by atoms with Gasteiger partial charge in [-0.15, -0.1) is 0 Å². The summed E-state index contributed by atoms with van der Waals surface area (Å²) in [4.78, 5) is 13.6. The second kappa shape index (κ2) is 5.41. The van der Waals surface area contributed by atoms with E-state index in [1.54, 1.807) is 0 Å². The van der Waals surface area contributed by atoms with Crippen LogP contribution in [0.2, 0.25) is 0 Å². The summed E-state index contributed by atoms with van der Waals surface area (Å²) < 4.78 is 1.04. The van der Waals surface area contributed by atoms with Crippen LogP contribution in [0.5, 0.6) is 0 Å². The van der Waals surface area contributed by atoms with Gasteiger partial charge < -0.3 is 5.11 Å². The highest BCUT2D eigenvalue weighted by Crippen LogP contribution is 2.31. The molecule has 98 valence electrons. The number of aliphatic carboxylic acids is 1. The fraction of sp³-hybridized carbons (Fsp3) is 0.500. The smallest absolute Gasteiger partial charge is 0.323 e. The monoisotopic (exact) mass is 311 g/mol. The number of carboxylic acid groups (broad SMARTS) is 1. The maximum atomic E-state index is 11.5. The summed E-state index contributed by atoms with van der Waals surface area (Å²) in [6.45, 7) is 3.37. The van der Waals surface area contributed by atoms with Crippen molar-refractivity contribution >= 4 is 21.9 Å². The topological polar surface area (TPSA) is 40.5 Å². The molecule has 1 N–H and O–H groups in total. The van der Waals surface area contributed by atoms with Crippen LogP contribution in [0, 0.1) is 0 Å². The Labute approximate surface area is 116 Å². The van der Waals surface area contributed by atoms with Gasteiger partial charge in [-0.2, -0.15) is 0 Å². The van der Waals surface area contributed by atoms with Crippen LogP contribution in [-0.2, 0) is 11.3 Å². The lowest BCUT2D eigenvalue weighted by Crippen LogP contribution is -2.54. The third kappa shape index (κ3) is 2.59. The molecule has 0 saturated carbocycles. The van der Waals surface area contributed by atoms with Gasteiger partial charge in [-0.05, 0) is 44.4 Å². The van der Waals surface area contributed by atoms with E-state index in [2.05, 4.69) is 20.8 Å². The average molecular weight is 312 g/mol. The summed E-state index contributed by atoms with van der Waals surface area (Å²) in [6.07, 6.45) is 2.80. The van der Waals surface area contributed by atoms with Crippen LogP contribution >= 0.6 is 15.9 Å². The Kier molecular flexibility index (Phi) is 4.07. The molecule has 1 atom stereocenters. The number of hydrogen-bond acceptors (Lipinski definition) is 2. The number of likely N-dealkylation sites (tertiary alicyclic amines) is 1. The van der Waals surface area contributed by atoms with Crippen molar-refractivity contribution in [3.05, 3.63) is 34.3 Å². The summed E-state index contributed by atoms with van der Waals surface area (Å²) in [5, 5.41) is 9.46. The first kappa shape index (κ1) is 13.6. The van der Waals surface area contributed by atoms with Gasteiger partial charge in [0.25, 0.3) is 0 Å². The lowest BCUT2D eigenvalue weighted by molar-refractivity contribution is -0.153. The van der Waals surface area contributed by atoms with E-state index in [1.165, 1.54) is 0 Å². The highest BCUT2D eigenvalue weighted by Gasteiger charge is 2.41. The number of nitrogens with zero attached hydrogens (tertiary/aromatic N) is 1. The molecule has 0 aliphatic carbocycles. The predicted molar refractivity (Wildman–Crippen MR) is 74.4 cm³/mol. The lowest BCUT2D eigenvalue weighted by Gasteiger charge is -2.41. The standard InChI is InChI=1S/C14H18BrNO2/c1-14(13(17)18)8-4-5-9-16(14)10-11-6-2-3-7-12(11)15/h2-3,6-7H,4-5,8-10H2,1H3,(H,17,18). The summed E-state index contributed by atoms with van der Waals surface area (Å²) in [5.74, 6) is -0.714. The Hall–Kier alpha value is -0.870. The molecule has 1 aliphatic rings. The molecule has 0 radical (unpaired) electrons. The Bertz CT molecular complexity index is 449. The zero-order chi connectivity index (χ0) is 13.2. The highest BCUT2D eigenvalue weighted by atomic mass is 79.9. The SMILES string of the molecule is CC1(C(=O)O)CCCCN1Cc1ccccc1Br. The number of piperidine rings is 1. The fourth-order valence-corrected chi connectivity index (χ4v) is 2.91. The number of benzene rings is 1. The van der Waals surface area contributed by atoms with Crippen molar-refractivity contribution < 1.29 is 9.90 Å². The van der Waals surface area contributed by atoms with E-state index in [9.17, 15) is 9.90 Å². The molecule has 18 heavy (non-hydrogen) atoms. The average Bonchev–Trinajstić information content (AvgIpc) is 2.34. The van der Waals surface area contributed by atoms with E-state index in [1.807, 2.05) is 31.2 Å². The van der Waals surface area contributed by atoms with Crippen molar-refractivity contribution in [3.63, 3.8) is 0 Å². The minimum Gasteiger partial charge on any atom is -0.480 e. The molecule has 1 aromatic carbocycles. The van der Waals surface area contributed by atoms with Gasteiger partial charge in [-0.3, -0.25) is 9.69 Å². The van der Waals surface area contributed by atoms with Crippen LogP contribution in [0.3, 0.4) is 0 Å². The van der Waals surface area contributed by atoms with Crippen LogP contribution in [0.15, 0.2) is 28.7 Å². The Balaban J connectivity index is 2.21. The summed E-state index contributed by atoms with van der Waals surface area (Å²) in [5.41, 5.74) is 0.417. The summed E-state index contributed by atoms with van der Waals surface area (Å²) >= 11 is 3.52. The first-order valence-corrected chi connectivity index (χ1v) is 7.05. The number of carboxylic acids is 1. The maximum absolute atomic E-state index is 11.5. The van der Waals surface area contributed by atoms with E-state index >= 15 is 0 Å². The van der Waals surface area contributed by atoms with Gasteiger partial charge in [0.05, 0.1) is 0 Å². The molecular weight excluding hydrogens is 294 g/mol. The first-order chi connectivity index (χ1) is 8.54. The van der Waals surface area contributed by atoms with E-state index in [0.29, 0.717) is 6.54 Å². The van der Waals surface area contributed by atoms with Gasteiger partial charge in [0.2, 0.25) is 0 Å². The zero-order valence-electron chi connectivity index (χ0n) is 10.5. The number of rotatable bonds is 3. The normalized spacial score (nSPS) is 25.0. The summed E-state index contributed by atoms with van der Waals surface area (Å²) in [7, 11) is 0. The molecule has 1 saturated heterocycles. The van der Waals surface area contributed by atoms with Gasteiger partial charge in [0.15, 0.2) is 0 Å². The Morgan fingerprint density at radius 1 is 1.44 bits per heavy atom. The molecule has 1 unspecified atom stereocenters. The second-order valence-corrected chi connectivity index (χ2v) is 5.90. The summed E-state index contributed by atoms with van der Waals surface area (Å²) in [6, 6.07) is 8.00. The van der Waals surface area contributed by atoms with E-state index < -0.39 is 11.5 Å². The number of hydrogen-bond donors (Lipinski definition) is 1. The van der Waals surface area contributed by atoms with Crippen molar-refractivity contribution in [2.24, 2.45) is 0 Å². The molecule has 4 heteroatoms. The third-order valence-corrected chi connectivity index (χ3v) is 4.59. The molecule has 0 bridgehead atoms. The Morgan fingerprint density at radius 2 is 2.17 bits per heavy atom. The minimum atomic E-state index is -0.729. The van der Waals surface area contributed by atoms with Crippen molar-refractivity contribution in [2.45, 2.75) is 38.3 Å². The fourth-order valence-electron chi connectivity index (χ4n) is 2.50. The maximum Gasteiger partial charge on any atom is 0.323 e. The van der Waals surface area contributed by atoms with E-state index in [4.69, 9.17) is 0 Å². The first-order valence-electron chi connectivity index (χ1n) is 6.26. The molecule has 1 aromatic rings. The third-order valence-electron chi connectivity index (χ3n) is 3.82. The van der Waals surface area contributed by atoms with Crippen LogP contribution in [0.4, 0.5) is 0 Å². The van der Waals surface area contributed by atoms with Crippen molar-refractivity contribution in [2.75, 3.05) is 6.54 Å². The molecule has 1 aliphatic heterocycles.